The molecule has 7 heteroatoms. The third kappa shape index (κ3) is 804. The number of hydrogen-bond donors (Lipinski definition) is 0. The summed E-state index contributed by atoms with van der Waals surface area (Å²) >= 11 is 0. The van der Waals surface area contributed by atoms with Gasteiger partial charge in [0.25, 0.3) is 0 Å². The van der Waals surface area contributed by atoms with Crippen molar-refractivity contribution in [2.45, 2.75) is 90.5 Å². The Hall–Kier alpha value is 4.06. The van der Waals surface area contributed by atoms with E-state index >= 15 is 0 Å². The molecule has 26 heavy (non-hydrogen) atoms. The molecular weight excluding hydrogens is 647 g/mol. The topological polar surface area (TPSA) is 34.1 Å². The Kier molecular flexibility index (Phi) is 1740. The first-order valence-electron chi connectivity index (χ1n) is 5.54. The van der Waals surface area contributed by atoms with Gasteiger partial charge in [0.2, 0.25) is 0 Å². The molecule has 0 aliphatic heterocycles. The van der Waals surface area contributed by atoms with E-state index in [0.29, 0.717) is 0 Å². The Labute approximate surface area is 275 Å². The van der Waals surface area contributed by atoms with Gasteiger partial charge in [0.1, 0.15) is 0 Å². The van der Waals surface area contributed by atoms with Gasteiger partial charge in [0.05, 0.1) is 8.08 Å². The Morgan fingerprint density at radius 1 is 0.692 bits per heavy atom. The maximum atomic E-state index is 8.85. The number of carbonyl (C=O) groups excluding carboxylic acids is 1. The van der Waals surface area contributed by atoms with E-state index in [1.54, 1.807) is 13.8 Å². The second kappa shape index (κ2) is 352. The van der Waals surface area contributed by atoms with Crippen LogP contribution in [0.3, 0.4) is 0 Å². The maximum Gasteiger partial charge on any atom is 0.0754 e. The second-order valence-electron chi connectivity index (χ2n) is 1.85. The van der Waals surface area contributed by atoms with Crippen molar-refractivity contribution >= 4 is 21.2 Å². The molecule has 0 aliphatic carbocycles. The van der Waals surface area contributed by atoms with E-state index in [1.165, 1.54) is 19.3 Å². The van der Waals surface area contributed by atoms with Gasteiger partial charge in [-0.05, 0) is 6.30 Å². The molecule has 1 unspecified atom stereocenters. The quantitative estimate of drug-likeness (QED) is 0.156. The summed E-state index contributed by atoms with van der Waals surface area (Å²) < 4.78 is 8.85. The molecule has 0 heterocycles. The van der Waals surface area contributed by atoms with Gasteiger partial charge < -0.3 is 33.5 Å². The molecule has 0 N–H and O–H groups in total. The molecule has 0 aromatic rings. The summed E-state index contributed by atoms with van der Waals surface area (Å²) in [6, 6.07) is 0. The van der Waals surface area contributed by atoms with Gasteiger partial charge in [0, 0.05) is 131 Å². The normalized spacial score (nSPS) is 3.23. The van der Waals surface area contributed by atoms with Crippen molar-refractivity contribution in [2.24, 2.45) is 0 Å². The predicted octanol–water partition coefficient (Wildman–Crippen LogP) is 8.51. The Morgan fingerprint density at radius 3 is 0.731 bits per heavy atom. The van der Waals surface area contributed by atoms with Crippen LogP contribution in [0.25, 0.3) is 0 Å². The third-order valence-corrected chi connectivity index (χ3v) is 0.500. The zero-order valence-electron chi connectivity index (χ0n) is 16.4. The zero-order chi connectivity index (χ0) is 14.8. The van der Waals surface area contributed by atoms with E-state index in [-0.39, 0.29) is 175 Å². The third-order valence-electron chi connectivity index (χ3n) is 0.500. The summed E-state index contributed by atoms with van der Waals surface area (Å²) in [7, 11) is -0.417. The van der Waals surface area contributed by atoms with Gasteiger partial charge in [-0.15, -0.1) is 0 Å². The summed E-state index contributed by atoms with van der Waals surface area (Å²) in [5, 5.41) is 0. The van der Waals surface area contributed by atoms with E-state index in [2.05, 4.69) is 54.6 Å². The molecule has 0 rings (SSSR count). The molecule has 0 saturated heterocycles. The first-order chi connectivity index (χ1) is 7.74. The largest absolute Gasteiger partial charge is 0.545 e. The average Bonchev–Trinajstić information content (AvgIpc) is 2.38. The van der Waals surface area contributed by atoms with Crippen LogP contribution in [0.5, 0.6) is 0 Å². The molecule has 0 spiro atoms. The van der Waals surface area contributed by atoms with Crippen LogP contribution >= 0.6 is 8.08 Å². The molecule has 0 amide bonds. The fourth-order valence-electron chi connectivity index (χ4n) is 0. The summed E-state index contributed by atoms with van der Waals surface area (Å²) in [6.45, 7) is 21.9. The Balaban J connectivity index is -0.00000000311. The van der Waals surface area contributed by atoms with Crippen molar-refractivity contribution in [2.75, 3.05) is 0 Å². The first kappa shape index (κ1) is 128. The molecule has 164 valence electrons. The molecular formula is C19H54O2PY4-5. The molecule has 1 atom stereocenters. The van der Waals surface area contributed by atoms with Crippen LogP contribution in [0.1, 0.15) is 90.5 Å². The minimum atomic E-state index is -0.417. The van der Waals surface area contributed by atoms with Gasteiger partial charge in [0.15, 0.2) is 0 Å². The average molecular weight is 701 g/mol. The van der Waals surface area contributed by atoms with Crippen LogP contribution in [-0.4, -0.2) is 13.1 Å². The molecule has 0 aromatic carbocycles. The van der Waals surface area contributed by atoms with Gasteiger partial charge in [-0.1, -0.05) is 76.7 Å². The van der Waals surface area contributed by atoms with Crippen LogP contribution in [0, 0.1) is 28.7 Å². The molecule has 0 aliphatic rings. The summed E-state index contributed by atoms with van der Waals surface area (Å²) in [4.78, 5) is 7.75. The van der Waals surface area contributed by atoms with Crippen LogP contribution in [-0.2, 0) is 140 Å². The summed E-state index contributed by atoms with van der Waals surface area (Å²) in [5.41, 5.74) is 0. The van der Waals surface area contributed by atoms with Crippen molar-refractivity contribution in [3.05, 3.63) is 28.7 Å². The molecule has 0 bridgehead atoms. The SMILES string of the molecule is C.C.C.C.C=[PH]=O.CCC.CCCC.[CH-]=O.[CH2-]C.[CH2-]C.[CH3-].[CH3-].[Y].[Y].[Y].[Y]. The van der Waals surface area contributed by atoms with Crippen molar-refractivity contribution in [1.82, 2.24) is 0 Å². The van der Waals surface area contributed by atoms with Crippen molar-refractivity contribution < 1.29 is 140 Å². The van der Waals surface area contributed by atoms with Crippen LogP contribution in [0.2, 0.25) is 0 Å². The van der Waals surface area contributed by atoms with Crippen LogP contribution in [0.15, 0.2) is 0 Å². The molecule has 0 fully saturated rings. The Morgan fingerprint density at radius 2 is 0.731 bits per heavy atom. The monoisotopic (exact) mass is 701 g/mol. The second-order valence-corrected chi connectivity index (χ2v) is 2.14. The van der Waals surface area contributed by atoms with E-state index in [1.807, 2.05) is 0 Å². The fraction of sp³-hybridized carbons (Fsp3) is 0.684. The van der Waals surface area contributed by atoms with Crippen molar-refractivity contribution in [3.8, 4) is 0 Å². The van der Waals surface area contributed by atoms with Crippen LogP contribution < -0.4 is 0 Å². The standard InChI is InChI=1S/C4H10.C3H8.2C2H5.CH3OP.CHO.4CH4.2CH3.4Y/c1-3-4-2;1-3-2;2*1-2;1-3-2;1-2;;;;;;;;;;/h3-4H2,1-2H3;3H2,1-2H3;2*1H2,2H3;3H,1H2;1H;4*1H4;2*1H3;;;;/q;;2*-1;;-1;;;;;2*-1;;;;. The van der Waals surface area contributed by atoms with E-state index < -0.39 is 8.08 Å². The van der Waals surface area contributed by atoms with Crippen molar-refractivity contribution in [1.29, 1.82) is 0 Å². The first-order valence-corrected chi connectivity index (χ1v) is 6.65. The van der Waals surface area contributed by atoms with Gasteiger partial charge in [-0.2, -0.15) is 13.8 Å². The molecule has 0 saturated carbocycles. The van der Waals surface area contributed by atoms with E-state index in [4.69, 9.17) is 9.36 Å². The summed E-state index contributed by atoms with van der Waals surface area (Å²) in [5.74, 6) is 0. The maximum absolute atomic E-state index is 8.85. The van der Waals surface area contributed by atoms with E-state index in [0.717, 1.165) is 0 Å². The summed E-state index contributed by atoms with van der Waals surface area (Å²) in [6.07, 6.45) is 6.85. The zero-order valence-corrected chi connectivity index (χ0v) is 28.8. The number of unbranched alkanes of at least 4 members (excludes halogenated alkanes) is 1. The smallest absolute Gasteiger partial charge is 0.0754 e. The Bertz CT molecular complexity index is 85.9. The predicted molar refractivity (Wildman–Crippen MR) is 121 cm³/mol. The molecule has 2 nitrogen and oxygen atoms in total. The van der Waals surface area contributed by atoms with E-state index in [9.17, 15) is 0 Å². The molecule has 0 aromatic heterocycles. The van der Waals surface area contributed by atoms with Crippen LogP contribution in [0.4, 0.5) is 0 Å². The minimum Gasteiger partial charge on any atom is -0.545 e. The molecule has 4 radical (unpaired) electrons. The fourth-order valence-corrected chi connectivity index (χ4v) is 0. The van der Waals surface area contributed by atoms with Gasteiger partial charge in [-0.3, -0.25) is 11.4 Å². The number of hydrogen-bond acceptors (Lipinski definition) is 2. The number of rotatable bonds is 1. The minimum absolute atomic E-state index is 0. The van der Waals surface area contributed by atoms with Crippen molar-refractivity contribution in [3.63, 3.8) is 0 Å². The van der Waals surface area contributed by atoms with Gasteiger partial charge >= 0.3 is 0 Å². The van der Waals surface area contributed by atoms with Gasteiger partial charge in [-0.25, -0.2) is 0 Å².